The fourth-order valence-electron chi connectivity index (χ4n) is 0.731. The molecule has 0 atom stereocenters. The summed E-state index contributed by atoms with van der Waals surface area (Å²) in [6.07, 6.45) is 1.88. The second-order valence-electron chi connectivity index (χ2n) is 3.21. The van der Waals surface area contributed by atoms with Crippen molar-refractivity contribution in [2.45, 2.75) is 19.3 Å². The maximum Gasteiger partial charge on any atom is 0.273 e. The number of halogens is 1. The van der Waals surface area contributed by atoms with Crippen molar-refractivity contribution in [3.8, 4) is 5.19 Å². The Balaban J connectivity index is 2.88. The van der Waals surface area contributed by atoms with E-state index in [9.17, 15) is 0 Å². The van der Waals surface area contributed by atoms with Crippen LogP contribution in [0.3, 0.4) is 0 Å². The van der Waals surface area contributed by atoms with Crippen LogP contribution < -0.4 is 4.74 Å². The first-order chi connectivity index (χ1) is 5.60. The lowest BCUT2D eigenvalue weighted by atomic mass is 9.95. The van der Waals surface area contributed by atoms with Gasteiger partial charge in [-0.3, -0.25) is 0 Å². The van der Waals surface area contributed by atoms with E-state index in [0.29, 0.717) is 0 Å². The molecule has 0 bridgehead atoms. The van der Waals surface area contributed by atoms with Crippen LogP contribution in [0, 0.1) is 0 Å². The molecule has 0 saturated heterocycles. The van der Waals surface area contributed by atoms with Crippen LogP contribution in [0.4, 0.5) is 0 Å². The van der Waals surface area contributed by atoms with Crippen molar-refractivity contribution in [1.29, 1.82) is 0 Å². The highest BCUT2D eigenvalue weighted by Gasteiger charge is 2.21. The molecule has 0 spiro atoms. The number of aromatic nitrogens is 1. The van der Waals surface area contributed by atoms with E-state index in [1.807, 2.05) is 6.20 Å². The number of hydrogen-bond acceptors (Lipinski definition) is 3. The summed E-state index contributed by atoms with van der Waals surface area (Å²) >= 11 is 5.08. The summed E-state index contributed by atoms with van der Waals surface area (Å²) in [6.45, 7) is 4.35. The van der Waals surface area contributed by atoms with Gasteiger partial charge in [0.2, 0.25) is 0 Å². The van der Waals surface area contributed by atoms with E-state index < -0.39 is 0 Å². The topological polar surface area (TPSA) is 22.1 Å². The third-order valence-electron chi connectivity index (χ3n) is 1.66. The van der Waals surface area contributed by atoms with E-state index in [4.69, 9.17) is 4.74 Å². The van der Waals surface area contributed by atoms with Crippen molar-refractivity contribution < 1.29 is 4.74 Å². The van der Waals surface area contributed by atoms with Gasteiger partial charge in [-0.25, -0.2) is 4.98 Å². The first-order valence-corrected chi connectivity index (χ1v) is 5.60. The SMILES string of the molecule is COc1ncc(C(C)(C)CBr)s1. The van der Waals surface area contributed by atoms with Gasteiger partial charge in [0.15, 0.2) is 0 Å². The molecule has 4 heteroatoms. The van der Waals surface area contributed by atoms with Crippen LogP contribution in [0.5, 0.6) is 5.19 Å². The molecule has 0 radical (unpaired) electrons. The highest BCUT2D eigenvalue weighted by Crippen LogP contribution is 2.32. The molecule has 68 valence electrons. The second-order valence-corrected chi connectivity index (χ2v) is 4.77. The summed E-state index contributed by atoms with van der Waals surface area (Å²) in [5.41, 5.74) is 0.147. The van der Waals surface area contributed by atoms with Gasteiger partial charge in [-0.15, -0.1) is 0 Å². The lowest BCUT2D eigenvalue weighted by Gasteiger charge is -2.18. The minimum Gasteiger partial charge on any atom is -0.473 e. The van der Waals surface area contributed by atoms with Gasteiger partial charge >= 0.3 is 0 Å². The fourth-order valence-corrected chi connectivity index (χ4v) is 2.05. The lowest BCUT2D eigenvalue weighted by Crippen LogP contribution is -2.16. The van der Waals surface area contributed by atoms with E-state index in [-0.39, 0.29) is 5.41 Å². The maximum atomic E-state index is 5.03. The Morgan fingerprint density at radius 1 is 1.67 bits per heavy atom. The van der Waals surface area contributed by atoms with Gasteiger partial charge in [0.05, 0.1) is 7.11 Å². The largest absolute Gasteiger partial charge is 0.473 e. The van der Waals surface area contributed by atoms with Gasteiger partial charge in [-0.05, 0) is 0 Å². The summed E-state index contributed by atoms with van der Waals surface area (Å²) in [5, 5.41) is 1.67. The van der Waals surface area contributed by atoms with Crippen LogP contribution in [0.1, 0.15) is 18.7 Å². The van der Waals surface area contributed by atoms with Crippen LogP contribution in [-0.4, -0.2) is 17.4 Å². The summed E-state index contributed by atoms with van der Waals surface area (Å²) < 4.78 is 5.03. The zero-order valence-corrected chi connectivity index (χ0v) is 9.83. The second kappa shape index (κ2) is 3.75. The summed E-state index contributed by atoms with van der Waals surface area (Å²) in [4.78, 5) is 5.37. The molecular formula is C8H12BrNOS. The Bertz CT molecular complexity index is 259. The predicted molar refractivity (Wildman–Crippen MR) is 55.5 cm³/mol. The first kappa shape index (κ1) is 9.99. The Morgan fingerprint density at radius 3 is 2.75 bits per heavy atom. The van der Waals surface area contributed by atoms with Gasteiger partial charge in [0.1, 0.15) is 0 Å². The minimum atomic E-state index is 0.147. The highest BCUT2D eigenvalue weighted by molar-refractivity contribution is 9.09. The third kappa shape index (κ3) is 1.98. The van der Waals surface area contributed by atoms with Crippen LogP contribution >= 0.6 is 27.3 Å². The summed E-state index contributed by atoms with van der Waals surface area (Å²) in [5.74, 6) is 0. The molecule has 0 amide bonds. The molecule has 0 N–H and O–H groups in total. The van der Waals surface area contributed by atoms with Crippen molar-refractivity contribution in [3.05, 3.63) is 11.1 Å². The number of ether oxygens (including phenoxy) is 1. The summed E-state index contributed by atoms with van der Waals surface area (Å²) in [6, 6.07) is 0. The van der Waals surface area contributed by atoms with E-state index in [1.165, 1.54) is 4.88 Å². The average molecular weight is 250 g/mol. The van der Waals surface area contributed by atoms with Gasteiger partial charge in [0.25, 0.3) is 5.19 Å². The van der Waals surface area contributed by atoms with Crippen LogP contribution in [0.2, 0.25) is 0 Å². The molecular weight excluding hydrogens is 238 g/mol. The molecule has 12 heavy (non-hydrogen) atoms. The number of alkyl halides is 1. The van der Waals surface area contributed by atoms with Crippen molar-refractivity contribution >= 4 is 27.3 Å². The van der Waals surface area contributed by atoms with E-state index in [2.05, 4.69) is 34.8 Å². The molecule has 1 aromatic heterocycles. The molecule has 0 saturated carbocycles. The Morgan fingerprint density at radius 2 is 2.33 bits per heavy atom. The van der Waals surface area contributed by atoms with E-state index in [1.54, 1.807) is 18.4 Å². The van der Waals surface area contributed by atoms with Gasteiger partial charge in [0, 0.05) is 21.8 Å². The molecule has 0 unspecified atom stereocenters. The van der Waals surface area contributed by atoms with Crippen LogP contribution in [0.15, 0.2) is 6.20 Å². The van der Waals surface area contributed by atoms with E-state index >= 15 is 0 Å². The minimum absolute atomic E-state index is 0.147. The van der Waals surface area contributed by atoms with Crippen LogP contribution in [-0.2, 0) is 5.41 Å². The Labute approximate surface area is 85.1 Å². The number of nitrogens with zero attached hydrogens (tertiary/aromatic N) is 1. The molecule has 2 nitrogen and oxygen atoms in total. The normalized spacial score (nSPS) is 11.7. The lowest BCUT2D eigenvalue weighted by molar-refractivity contribution is 0.412. The predicted octanol–water partition coefficient (Wildman–Crippen LogP) is 2.82. The zero-order valence-electron chi connectivity index (χ0n) is 7.43. The van der Waals surface area contributed by atoms with Crippen molar-refractivity contribution in [1.82, 2.24) is 4.98 Å². The highest BCUT2D eigenvalue weighted by atomic mass is 79.9. The molecule has 0 aliphatic rings. The number of rotatable bonds is 3. The zero-order chi connectivity index (χ0) is 9.19. The molecule has 0 aliphatic heterocycles. The standard InChI is InChI=1S/C8H12BrNOS/c1-8(2,5-9)6-4-10-7(11-3)12-6/h4H,5H2,1-3H3. The number of hydrogen-bond donors (Lipinski definition) is 0. The average Bonchev–Trinajstić information content (AvgIpc) is 2.52. The maximum absolute atomic E-state index is 5.03. The van der Waals surface area contributed by atoms with Gasteiger partial charge in [-0.1, -0.05) is 41.1 Å². The monoisotopic (exact) mass is 249 g/mol. The van der Waals surface area contributed by atoms with Crippen molar-refractivity contribution in [2.24, 2.45) is 0 Å². The smallest absolute Gasteiger partial charge is 0.273 e. The molecule has 1 heterocycles. The summed E-state index contributed by atoms with van der Waals surface area (Å²) in [7, 11) is 1.64. The van der Waals surface area contributed by atoms with Crippen LogP contribution in [0.25, 0.3) is 0 Å². The van der Waals surface area contributed by atoms with Gasteiger partial charge in [-0.2, -0.15) is 0 Å². The quantitative estimate of drug-likeness (QED) is 0.769. The molecule has 1 aromatic rings. The molecule has 0 aromatic carbocycles. The molecule has 0 fully saturated rings. The Hall–Kier alpha value is -0.0900. The van der Waals surface area contributed by atoms with E-state index in [0.717, 1.165) is 10.5 Å². The van der Waals surface area contributed by atoms with Crippen molar-refractivity contribution in [3.63, 3.8) is 0 Å². The first-order valence-electron chi connectivity index (χ1n) is 3.66. The number of methoxy groups -OCH3 is 1. The molecule has 1 rings (SSSR count). The fraction of sp³-hybridized carbons (Fsp3) is 0.625. The van der Waals surface area contributed by atoms with Gasteiger partial charge < -0.3 is 4.74 Å². The number of thiazole rings is 1. The third-order valence-corrected chi connectivity index (χ3v) is 4.39. The Kier molecular flexibility index (Phi) is 3.12. The molecule has 0 aliphatic carbocycles. The van der Waals surface area contributed by atoms with Crippen molar-refractivity contribution in [2.75, 3.05) is 12.4 Å².